The molecule has 0 saturated carbocycles. The molecule has 0 spiro atoms. The highest BCUT2D eigenvalue weighted by Crippen LogP contribution is 2.50. The second-order valence-electron chi connectivity index (χ2n) is 22.4. The Balaban J connectivity index is 1.28. The van der Waals surface area contributed by atoms with Gasteiger partial charge in [-0.3, -0.25) is 0 Å². The topological polar surface area (TPSA) is 0 Å². The van der Waals surface area contributed by atoms with Crippen LogP contribution in [0.5, 0.6) is 0 Å². The van der Waals surface area contributed by atoms with Crippen molar-refractivity contribution in [1.82, 2.24) is 0 Å². The summed E-state index contributed by atoms with van der Waals surface area (Å²) in [5, 5.41) is 23.1. The fraction of sp³-hybridized carbons (Fsp3) is 0.138. The molecule has 0 saturated heterocycles. The first-order chi connectivity index (χ1) is 32.6. The third-order valence-electron chi connectivity index (χ3n) is 15.0. The summed E-state index contributed by atoms with van der Waals surface area (Å²) in [5.41, 5.74) is 10.3. The van der Waals surface area contributed by atoms with E-state index < -0.39 is 24.2 Å². The Kier molecular flexibility index (Phi) is 9.70. The van der Waals surface area contributed by atoms with E-state index in [1.165, 1.54) is 135 Å². The second-order valence-corrected chi connectivity index (χ2v) is 37.6. The predicted octanol–water partition coefficient (Wildman–Crippen LogP) is 17.5. The van der Waals surface area contributed by atoms with Crippen LogP contribution >= 0.6 is 0 Å². The molecule has 12 aromatic rings. The predicted molar refractivity (Wildman–Crippen MR) is 311 cm³/mol. The van der Waals surface area contributed by atoms with Gasteiger partial charge in [0.1, 0.15) is 0 Å². The van der Waals surface area contributed by atoms with E-state index in [9.17, 15) is 0 Å². The Hall–Kier alpha value is -6.63. The zero-order valence-corrected chi connectivity index (χ0v) is 43.9. The summed E-state index contributed by atoms with van der Waals surface area (Å²) in [6.45, 7) is 22.3. The monoisotopic (exact) mass is 922 g/mol. The van der Waals surface area contributed by atoms with E-state index in [1.807, 2.05) is 0 Å². The van der Waals surface area contributed by atoms with Gasteiger partial charge < -0.3 is 0 Å². The molecule has 0 aliphatic heterocycles. The van der Waals surface area contributed by atoms with E-state index in [0.29, 0.717) is 0 Å². The summed E-state index contributed by atoms with van der Waals surface area (Å²) in [6, 6.07) is 73.1. The quantitative estimate of drug-likeness (QED) is 0.110. The van der Waals surface area contributed by atoms with Crippen molar-refractivity contribution in [2.24, 2.45) is 0 Å². The first-order valence-corrected chi connectivity index (χ1v) is 35.0. The van der Waals surface area contributed by atoms with E-state index in [-0.39, 0.29) is 0 Å². The maximum absolute atomic E-state index is 2.56. The number of fused-ring (bicyclic) bond motifs is 4. The Morgan fingerprint density at radius 1 is 0.221 bits per heavy atom. The maximum Gasteiger partial charge on any atom is 0.0784 e. The third kappa shape index (κ3) is 6.73. The minimum atomic E-state index is -1.67. The molecule has 0 bridgehead atoms. The van der Waals surface area contributed by atoms with Crippen LogP contribution in [0.2, 0.25) is 58.9 Å². The van der Waals surface area contributed by atoms with Gasteiger partial charge in [0.05, 0.1) is 24.2 Å². The molecule has 0 N–H and O–H groups in total. The van der Waals surface area contributed by atoms with Gasteiger partial charge in [-0.2, -0.15) is 0 Å². The van der Waals surface area contributed by atoms with Crippen LogP contribution < -0.4 is 15.6 Å². The molecule has 68 heavy (non-hydrogen) atoms. The summed E-state index contributed by atoms with van der Waals surface area (Å²) in [7, 11) is -4.99. The molecule has 330 valence electrons. The van der Waals surface area contributed by atoms with E-state index in [2.05, 4.69) is 247 Å². The van der Waals surface area contributed by atoms with Gasteiger partial charge in [-0.25, -0.2) is 0 Å². The first kappa shape index (κ1) is 42.7. The highest BCUT2D eigenvalue weighted by Gasteiger charge is 2.27. The van der Waals surface area contributed by atoms with E-state index in [1.54, 1.807) is 0 Å². The lowest BCUT2D eigenvalue weighted by molar-refractivity contribution is 1.65. The number of hydrogen-bond acceptors (Lipinski definition) is 0. The summed E-state index contributed by atoms with van der Waals surface area (Å²) in [6.07, 6.45) is 0. The highest BCUT2D eigenvalue weighted by molar-refractivity contribution is 6.91. The Morgan fingerprint density at radius 2 is 0.544 bits per heavy atom. The molecule has 0 nitrogen and oxygen atoms in total. The van der Waals surface area contributed by atoms with Crippen molar-refractivity contribution in [3.05, 3.63) is 188 Å². The van der Waals surface area contributed by atoms with Crippen LogP contribution in [-0.2, 0) is 0 Å². The van der Waals surface area contributed by atoms with Crippen molar-refractivity contribution < 1.29 is 0 Å². The SMILES string of the molecule is C[Si](C)(C)c1ccc(-c2cc(-c3ccc4ccccc4c3)c3ccc4c(-c5ccc([Si](C)(C)C)c6ccccc56)cc(-c5ccc([Si](C)(C)C)c6ccccc56)c5ccc2c3c45)c2ccccc12. The van der Waals surface area contributed by atoms with Gasteiger partial charge in [0, 0.05) is 0 Å². The van der Waals surface area contributed by atoms with Gasteiger partial charge in [-0.05, 0) is 138 Å². The molecule has 12 rings (SSSR count). The standard InChI is InChI=1S/C65H58Si3/c1-66(2,3)61-35-32-47(44-20-12-15-23-50(44)61)58-39-57(43-27-26-41-18-10-11-19-42(41)38-43)53-28-29-55-59(48-33-36-62(67(4,5)6)51-24-16-13-21-45(48)51)40-60(56-31-30-54(58)64(53)65(55)56)49-34-37-63(68(7,8)9)52-25-17-14-22-46(49)52/h10-40H,1-9H3. The van der Waals surface area contributed by atoms with Gasteiger partial charge in [-0.15, -0.1) is 0 Å². The third-order valence-corrected chi connectivity index (χ3v) is 21.2. The van der Waals surface area contributed by atoms with Gasteiger partial charge in [0.25, 0.3) is 0 Å². The van der Waals surface area contributed by atoms with Crippen LogP contribution in [0, 0.1) is 0 Å². The van der Waals surface area contributed by atoms with Crippen molar-refractivity contribution in [3.8, 4) is 44.5 Å². The van der Waals surface area contributed by atoms with E-state index >= 15 is 0 Å². The van der Waals surface area contributed by atoms with Gasteiger partial charge in [0.2, 0.25) is 0 Å². The van der Waals surface area contributed by atoms with Crippen molar-refractivity contribution in [2.45, 2.75) is 58.9 Å². The highest BCUT2D eigenvalue weighted by atomic mass is 28.3. The summed E-state index contributed by atoms with van der Waals surface area (Å²) < 4.78 is 0. The fourth-order valence-electron chi connectivity index (χ4n) is 11.8. The van der Waals surface area contributed by atoms with E-state index in [0.717, 1.165) is 0 Å². The van der Waals surface area contributed by atoms with Gasteiger partial charge >= 0.3 is 0 Å². The molecule has 0 fully saturated rings. The molecule has 12 aromatic carbocycles. The van der Waals surface area contributed by atoms with Crippen LogP contribution in [0.1, 0.15) is 0 Å². The number of benzene rings is 12. The lowest BCUT2D eigenvalue weighted by Gasteiger charge is -2.25. The smallest absolute Gasteiger partial charge is 0.0656 e. The zero-order valence-electron chi connectivity index (χ0n) is 40.9. The molecular formula is C65H58Si3. The zero-order chi connectivity index (χ0) is 46.9. The van der Waals surface area contributed by atoms with Crippen LogP contribution in [0.25, 0.3) is 120 Å². The van der Waals surface area contributed by atoms with Crippen molar-refractivity contribution in [2.75, 3.05) is 0 Å². The van der Waals surface area contributed by atoms with Crippen molar-refractivity contribution >= 4 is 115 Å². The lowest BCUT2D eigenvalue weighted by atomic mass is 9.80. The van der Waals surface area contributed by atoms with Gasteiger partial charge in [0.15, 0.2) is 0 Å². The van der Waals surface area contributed by atoms with Gasteiger partial charge in [-0.1, -0.05) is 244 Å². The molecule has 0 aliphatic carbocycles. The molecule has 3 heteroatoms. The van der Waals surface area contributed by atoms with Crippen LogP contribution in [0.4, 0.5) is 0 Å². The Morgan fingerprint density at radius 3 is 0.926 bits per heavy atom. The first-order valence-electron chi connectivity index (χ1n) is 24.5. The molecule has 0 heterocycles. The number of rotatable bonds is 7. The Labute approximate surface area is 404 Å². The molecular weight excluding hydrogens is 865 g/mol. The average Bonchev–Trinajstić information content (AvgIpc) is 3.33. The van der Waals surface area contributed by atoms with Crippen LogP contribution in [0.15, 0.2) is 188 Å². The van der Waals surface area contributed by atoms with Crippen molar-refractivity contribution in [1.29, 1.82) is 0 Å². The second kappa shape index (κ2) is 15.4. The maximum atomic E-state index is 2.56. The molecule has 0 amide bonds. The number of hydrogen-bond donors (Lipinski definition) is 0. The molecule has 0 unspecified atom stereocenters. The average molecular weight is 923 g/mol. The normalized spacial score (nSPS) is 12.8. The molecule has 0 aromatic heterocycles. The minimum absolute atomic E-state index is 1.24. The Bertz CT molecular complexity index is 3910. The lowest BCUT2D eigenvalue weighted by Crippen LogP contribution is -2.38. The molecule has 0 aliphatic rings. The molecule has 0 radical (unpaired) electrons. The minimum Gasteiger partial charge on any atom is -0.0656 e. The fourth-order valence-corrected chi connectivity index (χ4v) is 16.6. The summed E-state index contributed by atoms with van der Waals surface area (Å²) in [4.78, 5) is 0. The van der Waals surface area contributed by atoms with Crippen molar-refractivity contribution in [3.63, 3.8) is 0 Å². The molecule has 0 atom stereocenters. The summed E-state index contributed by atoms with van der Waals surface area (Å²) in [5.74, 6) is 0. The summed E-state index contributed by atoms with van der Waals surface area (Å²) >= 11 is 0. The van der Waals surface area contributed by atoms with Crippen LogP contribution in [-0.4, -0.2) is 24.2 Å². The largest absolute Gasteiger partial charge is 0.0784 e. The van der Waals surface area contributed by atoms with Crippen LogP contribution in [0.3, 0.4) is 0 Å². The van der Waals surface area contributed by atoms with E-state index in [4.69, 9.17) is 0 Å².